The third-order valence-electron chi connectivity index (χ3n) is 4.62. The van der Waals surface area contributed by atoms with Gasteiger partial charge in [-0.25, -0.2) is 9.50 Å². The van der Waals surface area contributed by atoms with Gasteiger partial charge in [-0.1, -0.05) is 31.2 Å². The minimum absolute atomic E-state index is 0.0762. The van der Waals surface area contributed by atoms with Crippen molar-refractivity contribution in [2.24, 2.45) is 0 Å². The molecule has 122 valence electrons. The van der Waals surface area contributed by atoms with Crippen molar-refractivity contribution in [3.05, 3.63) is 59.7 Å². The van der Waals surface area contributed by atoms with Crippen LogP contribution in [0.5, 0.6) is 0 Å². The molecule has 3 aromatic rings. The normalized spacial score (nSPS) is 17.0. The van der Waals surface area contributed by atoms with E-state index < -0.39 is 0 Å². The Morgan fingerprint density at radius 3 is 2.88 bits per heavy atom. The lowest BCUT2D eigenvalue weighted by Gasteiger charge is -2.36. The first-order chi connectivity index (χ1) is 11.7. The summed E-state index contributed by atoms with van der Waals surface area (Å²) >= 11 is 0. The standard InChI is InChI=1S/C18H19N5O/c1-2-15-10-13-6-3-4-7-14(13)12-22(15)17(24)11-16-20-18-19-8-5-9-23(18)21-16/h3-9,15H,2,10-12H2,1H3. The third-order valence-corrected chi connectivity index (χ3v) is 4.62. The van der Waals surface area contributed by atoms with E-state index in [0.29, 0.717) is 18.1 Å². The molecule has 2 aromatic heterocycles. The number of aromatic nitrogens is 4. The fourth-order valence-corrected chi connectivity index (χ4v) is 3.33. The average Bonchev–Trinajstić information content (AvgIpc) is 3.02. The molecule has 0 bridgehead atoms. The van der Waals surface area contributed by atoms with Gasteiger partial charge >= 0.3 is 0 Å². The van der Waals surface area contributed by atoms with Crippen LogP contribution in [0, 0.1) is 0 Å². The first kappa shape index (κ1) is 14.8. The average molecular weight is 321 g/mol. The molecule has 0 saturated carbocycles. The summed E-state index contributed by atoms with van der Waals surface area (Å²) < 4.78 is 1.60. The largest absolute Gasteiger partial charge is 0.335 e. The molecule has 1 unspecified atom stereocenters. The van der Waals surface area contributed by atoms with Crippen LogP contribution in [0.3, 0.4) is 0 Å². The van der Waals surface area contributed by atoms with Gasteiger partial charge in [0.2, 0.25) is 5.91 Å². The molecule has 0 N–H and O–H groups in total. The molecule has 6 nitrogen and oxygen atoms in total. The Hall–Kier alpha value is -2.76. The number of carbonyl (C=O) groups is 1. The second-order valence-corrected chi connectivity index (χ2v) is 6.13. The Morgan fingerprint density at radius 1 is 1.25 bits per heavy atom. The van der Waals surface area contributed by atoms with Gasteiger partial charge in [-0.2, -0.15) is 4.98 Å². The lowest BCUT2D eigenvalue weighted by Crippen LogP contribution is -2.44. The zero-order valence-corrected chi connectivity index (χ0v) is 13.6. The quantitative estimate of drug-likeness (QED) is 0.740. The van der Waals surface area contributed by atoms with E-state index in [-0.39, 0.29) is 18.4 Å². The summed E-state index contributed by atoms with van der Waals surface area (Å²) in [5, 5.41) is 4.34. The maximum absolute atomic E-state index is 12.8. The van der Waals surface area contributed by atoms with E-state index in [1.165, 1.54) is 11.1 Å². The highest BCUT2D eigenvalue weighted by Gasteiger charge is 2.29. The molecule has 1 aromatic carbocycles. The summed E-state index contributed by atoms with van der Waals surface area (Å²) in [5.74, 6) is 1.12. The van der Waals surface area contributed by atoms with E-state index in [2.05, 4.69) is 40.2 Å². The topological polar surface area (TPSA) is 63.4 Å². The van der Waals surface area contributed by atoms with E-state index in [0.717, 1.165) is 12.8 Å². The van der Waals surface area contributed by atoms with E-state index in [4.69, 9.17) is 0 Å². The maximum Gasteiger partial charge on any atom is 0.252 e. The van der Waals surface area contributed by atoms with Crippen LogP contribution < -0.4 is 0 Å². The van der Waals surface area contributed by atoms with Crippen molar-refractivity contribution < 1.29 is 4.79 Å². The molecular weight excluding hydrogens is 302 g/mol. The highest BCUT2D eigenvalue weighted by Crippen LogP contribution is 2.25. The third kappa shape index (κ3) is 2.64. The molecule has 0 aliphatic carbocycles. The van der Waals surface area contributed by atoms with Gasteiger partial charge < -0.3 is 4.90 Å². The Labute approximate surface area is 140 Å². The molecule has 0 radical (unpaired) electrons. The van der Waals surface area contributed by atoms with Gasteiger partial charge in [0.25, 0.3) is 5.78 Å². The van der Waals surface area contributed by atoms with Crippen LogP contribution in [0.25, 0.3) is 5.78 Å². The number of rotatable bonds is 3. The molecule has 24 heavy (non-hydrogen) atoms. The van der Waals surface area contributed by atoms with Crippen molar-refractivity contribution in [3.63, 3.8) is 0 Å². The highest BCUT2D eigenvalue weighted by atomic mass is 16.2. The van der Waals surface area contributed by atoms with Crippen LogP contribution in [-0.2, 0) is 24.2 Å². The first-order valence-electron chi connectivity index (χ1n) is 8.27. The molecule has 0 fully saturated rings. The number of carbonyl (C=O) groups excluding carboxylic acids is 1. The van der Waals surface area contributed by atoms with Crippen LogP contribution in [-0.4, -0.2) is 36.4 Å². The smallest absolute Gasteiger partial charge is 0.252 e. The Bertz CT molecular complexity index is 855. The zero-order valence-electron chi connectivity index (χ0n) is 13.6. The summed E-state index contributed by atoms with van der Waals surface area (Å²) in [7, 11) is 0. The molecule has 1 amide bonds. The molecule has 6 heteroatoms. The van der Waals surface area contributed by atoms with Gasteiger partial charge in [0.1, 0.15) is 0 Å². The lowest BCUT2D eigenvalue weighted by atomic mass is 9.92. The molecule has 1 aliphatic rings. The van der Waals surface area contributed by atoms with Crippen LogP contribution in [0.2, 0.25) is 0 Å². The number of benzene rings is 1. The van der Waals surface area contributed by atoms with Crippen molar-refractivity contribution in [1.29, 1.82) is 0 Å². The minimum Gasteiger partial charge on any atom is -0.335 e. The number of hydrogen-bond acceptors (Lipinski definition) is 4. The second kappa shape index (κ2) is 6.03. The second-order valence-electron chi connectivity index (χ2n) is 6.13. The van der Waals surface area contributed by atoms with Crippen molar-refractivity contribution in [2.45, 2.75) is 38.8 Å². The van der Waals surface area contributed by atoms with Crippen LogP contribution in [0.15, 0.2) is 42.7 Å². The number of fused-ring (bicyclic) bond motifs is 2. The summed E-state index contributed by atoms with van der Waals surface area (Å²) in [5.41, 5.74) is 2.59. The Balaban J connectivity index is 1.56. The van der Waals surface area contributed by atoms with Gasteiger partial charge in [0.15, 0.2) is 5.82 Å². The van der Waals surface area contributed by atoms with Crippen molar-refractivity contribution in [2.75, 3.05) is 0 Å². The van der Waals surface area contributed by atoms with E-state index in [9.17, 15) is 4.79 Å². The van der Waals surface area contributed by atoms with Crippen molar-refractivity contribution in [1.82, 2.24) is 24.5 Å². The van der Waals surface area contributed by atoms with E-state index >= 15 is 0 Å². The Kier molecular flexibility index (Phi) is 3.72. The zero-order chi connectivity index (χ0) is 16.5. The predicted molar refractivity (Wildman–Crippen MR) is 89.3 cm³/mol. The van der Waals surface area contributed by atoms with Crippen molar-refractivity contribution in [3.8, 4) is 0 Å². The van der Waals surface area contributed by atoms with Crippen LogP contribution in [0.1, 0.15) is 30.3 Å². The first-order valence-corrected chi connectivity index (χ1v) is 8.27. The van der Waals surface area contributed by atoms with E-state index in [1.54, 1.807) is 23.0 Å². The fourth-order valence-electron chi connectivity index (χ4n) is 3.33. The summed E-state index contributed by atoms with van der Waals surface area (Å²) in [4.78, 5) is 23.3. The predicted octanol–water partition coefficient (Wildman–Crippen LogP) is 2.03. The van der Waals surface area contributed by atoms with Crippen LogP contribution in [0.4, 0.5) is 0 Å². The number of nitrogens with zero attached hydrogens (tertiary/aromatic N) is 5. The maximum atomic E-state index is 12.8. The molecular formula is C18H19N5O. The van der Waals surface area contributed by atoms with E-state index in [1.807, 2.05) is 11.0 Å². The van der Waals surface area contributed by atoms with Gasteiger partial charge in [0.05, 0.1) is 6.42 Å². The summed E-state index contributed by atoms with van der Waals surface area (Å²) in [6, 6.07) is 10.4. The molecule has 1 aliphatic heterocycles. The minimum atomic E-state index is 0.0762. The molecule has 3 heterocycles. The van der Waals surface area contributed by atoms with Crippen LogP contribution >= 0.6 is 0 Å². The van der Waals surface area contributed by atoms with Crippen molar-refractivity contribution >= 4 is 11.7 Å². The molecule has 0 saturated heterocycles. The number of hydrogen-bond donors (Lipinski definition) is 0. The fraction of sp³-hybridized carbons (Fsp3) is 0.333. The monoisotopic (exact) mass is 321 g/mol. The SMILES string of the molecule is CCC1Cc2ccccc2CN1C(=O)Cc1nc2ncccn2n1. The summed E-state index contributed by atoms with van der Waals surface area (Å²) in [6.45, 7) is 2.80. The number of amides is 1. The highest BCUT2D eigenvalue weighted by molar-refractivity contribution is 5.78. The lowest BCUT2D eigenvalue weighted by molar-refractivity contribution is -0.134. The molecule has 4 rings (SSSR count). The van der Waals surface area contributed by atoms with Gasteiger partial charge in [-0.15, -0.1) is 5.10 Å². The Morgan fingerprint density at radius 2 is 2.08 bits per heavy atom. The molecule has 1 atom stereocenters. The van der Waals surface area contributed by atoms with Gasteiger partial charge in [-0.05, 0) is 30.0 Å². The van der Waals surface area contributed by atoms with Gasteiger partial charge in [0, 0.05) is 25.0 Å². The van der Waals surface area contributed by atoms with Gasteiger partial charge in [-0.3, -0.25) is 4.79 Å². The summed E-state index contributed by atoms with van der Waals surface area (Å²) in [6.07, 6.45) is 5.53. The molecule has 0 spiro atoms.